The van der Waals surface area contributed by atoms with Gasteiger partial charge >= 0.3 is 0 Å². The monoisotopic (exact) mass is 512 g/mol. The minimum absolute atomic E-state index is 0.0369. The zero-order valence-corrected chi connectivity index (χ0v) is 17.1. The summed E-state index contributed by atoms with van der Waals surface area (Å²) in [6.45, 7) is 0.0594. The lowest BCUT2D eigenvalue weighted by molar-refractivity contribution is -0.385. The molecule has 7 nitrogen and oxygen atoms in total. The first kappa shape index (κ1) is 20.0. The molecule has 1 heterocycles. The molecule has 0 bridgehead atoms. The van der Waals surface area contributed by atoms with Crippen molar-refractivity contribution in [2.24, 2.45) is 0 Å². The number of rotatable bonds is 6. The van der Waals surface area contributed by atoms with E-state index in [1.54, 1.807) is 6.07 Å². The zero-order valence-electron chi connectivity index (χ0n) is 13.9. The van der Waals surface area contributed by atoms with Gasteiger partial charge in [0, 0.05) is 21.1 Å². The molecule has 0 aliphatic rings. The van der Waals surface area contributed by atoms with E-state index in [1.165, 1.54) is 42.5 Å². The molecule has 1 aromatic heterocycles. The molecule has 1 N–H and O–H groups in total. The van der Waals surface area contributed by atoms with Crippen LogP contribution in [0.25, 0.3) is 0 Å². The number of nitrogens with one attached hydrogen (secondary N) is 1. The number of carbonyl (C=O) groups is 1. The molecular weight excluding hydrogens is 503 g/mol. The molecule has 3 aromatic rings. The lowest BCUT2D eigenvalue weighted by Gasteiger charge is -2.08. The Labute approximate surface area is 174 Å². The predicted octanol–water partition coefficient (Wildman–Crippen LogP) is 5.68. The van der Waals surface area contributed by atoms with E-state index < -0.39 is 10.8 Å². The third-order valence-corrected chi connectivity index (χ3v) is 4.81. The van der Waals surface area contributed by atoms with Crippen LogP contribution in [0.2, 0.25) is 0 Å². The van der Waals surface area contributed by atoms with Gasteiger partial charge in [0.15, 0.2) is 5.76 Å². The van der Waals surface area contributed by atoms with Gasteiger partial charge in [-0.3, -0.25) is 14.9 Å². The topological polar surface area (TPSA) is 94.6 Å². The van der Waals surface area contributed by atoms with Crippen molar-refractivity contribution in [3.05, 3.63) is 84.9 Å². The summed E-state index contributed by atoms with van der Waals surface area (Å²) >= 11 is 6.40. The number of ether oxygens (including phenoxy) is 1. The van der Waals surface area contributed by atoms with Crippen LogP contribution < -0.4 is 10.1 Å². The van der Waals surface area contributed by atoms with Gasteiger partial charge in [-0.05, 0) is 68.3 Å². The summed E-state index contributed by atoms with van der Waals surface area (Å²) < 4.78 is 24.5. The molecule has 10 heteroatoms. The van der Waals surface area contributed by atoms with Gasteiger partial charge in [-0.15, -0.1) is 0 Å². The van der Waals surface area contributed by atoms with Crippen LogP contribution in [0.15, 0.2) is 61.9 Å². The molecule has 2 aromatic carbocycles. The second-order valence-corrected chi connectivity index (χ2v) is 7.21. The van der Waals surface area contributed by atoms with Gasteiger partial charge in [0.2, 0.25) is 0 Å². The summed E-state index contributed by atoms with van der Waals surface area (Å²) in [5, 5.41) is 13.5. The maximum atomic E-state index is 12.9. The summed E-state index contributed by atoms with van der Waals surface area (Å²) in [6.07, 6.45) is 0. The average molecular weight is 514 g/mol. The van der Waals surface area contributed by atoms with Crippen molar-refractivity contribution >= 4 is 49.1 Å². The Morgan fingerprint density at radius 3 is 2.39 bits per heavy atom. The van der Waals surface area contributed by atoms with E-state index >= 15 is 0 Å². The zero-order chi connectivity index (χ0) is 20.3. The number of benzene rings is 2. The molecule has 0 spiro atoms. The van der Waals surface area contributed by atoms with E-state index in [1.807, 2.05) is 0 Å². The quantitative estimate of drug-likeness (QED) is 0.338. The Kier molecular flexibility index (Phi) is 6.10. The highest BCUT2D eigenvalue weighted by Crippen LogP contribution is 2.35. The Morgan fingerprint density at radius 1 is 1.14 bits per heavy atom. The number of non-ortho nitro benzene ring substituents is 1. The molecule has 0 aliphatic carbocycles. The summed E-state index contributed by atoms with van der Waals surface area (Å²) in [7, 11) is 0. The van der Waals surface area contributed by atoms with E-state index in [0.717, 1.165) is 0 Å². The van der Waals surface area contributed by atoms with Crippen LogP contribution in [0.5, 0.6) is 5.75 Å². The Bertz CT molecular complexity index is 1010. The van der Waals surface area contributed by atoms with Crippen LogP contribution in [-0.2, 0) is 6.61 Å². The van der Waals surface area contributed by atoms with E-state index in [2.05, 4.69) is 37.2 Å². The molecule has 0 aliphatic heterocycles. The number of carbonyl (C=O) groups excluding carboxylic acids is 1. The van der Waals surface area contributed by atoms with Crippen LogP contribution in [0.3, 0.4) is 0 Å². The van der Waals surface area contributed by atoms with Gasteiger partial charge in [0.25, 0.3) is 11.6 Å². The number of amides is 1. The molecule has 3 rings (SSSR count). The summed E-state index contributed by atoms with van der Waals surface area (Å²) in [5.41, 5.74) is 0.200. The number of furan rings is 1. The molecule has 0 radical (unpaired) electrons. The third kappa shape index (κ3) is 4.76. The number of anilines is 1. The molecule has 144 valence electrons. The van der Waals surface area contributed by atoms with Crippen LogP contribution in [0.1, 0.15) is 16.3 Å². The van der Waals surface area contributed by atoms with Crippen molar-refractivity contribution in [1.82, 2.24) is 0 Å². The summed E-state index contributed by atoms with van der Waals surface area (Å²) in [6, 6.07) is 11.1. The van der Waals surface area contributed by atoms with Gasteiger partial charge in [0.05, 0.1) is 10.6 Å². The van der Waals surface area contributed by atoms with Crippen LogP contribution in [0, 0.1) is 15.9 Å². The Morgan fingerprint density at radius 2 is 1.79 bits per heavy atom. The van der Waals surface area contributed by atoms with E-state index in [-0.39, 0.29) is 23.9 Å². The van der Waals surface area contributed by atoms with Gasteiger partial charge in [-0.25, -0.2) is 4.39 Å². The fourth-order valence-electron chi connectivity index (χ4n) is 2.22. The van der Waals surface area contributed by atoms with E-state index in [0.29, 0.717) is 26.1 Å². The van der Waals surface area contributed by atoms with E-state index in [9.17, 15) is 19.3 Å². The molecule has 0 fully saturated rings. The maximum Gasteiger partial charge on any atom is 0.291 e. The first-order valence-electron chi connectivity index (χ1n) is 7.75. The van der Waals surface area contributed by atoms with Crippen molar-refractivity contribution in [1.29, 1.82) is 0 Å². The first-order valence-corrected chi connectivity index (χ1v) is 9.34. The minimum Gasteiger partial charge on any atom is -0.486 e. The van der Waals surface area contributed by atoms with Crippen LogP contribution >= 0.6 is 31.9 Å². The third-order valence-electron chi connectivity index (χ3n) is 3.56. The number of nitro benzene ring substituents is 1. The Balaban J connectivity index is 1.67. The van der Waals surface area contributed by atoms with E-state index in [4.69, 9.17) is 9.15 Å². The van der Waals surface area contributed by atoms with Crippen LogP contribution in [-0.4, -0.2) is 10.8 Å². The highest BCUT2D eigenvalue weighted by molar-refractivity contribution is 9.11. The summed E-state index contributed by atoms with van der Waals surface area (Å²) in [4.78, 5) is 22.7. The molecular formula is C18H11Br2FN2O5. The fraction of sp³-hybridized carbons (Fsp3) is 0.0556. The number of halogens is 3. The molecule has 0 saturated carbocycles. The largest absolute Gasteiger partial charge is 0.486 e. The smallest absolute Gasteiger partial charge is 0.291 e. The normalized spacial score (nSPS) is 10.5. The van der Waals surface area contributed by atoms with Crippen molar-refractivity contribution in [2.45, 2.75) is 6.61 Å². The van der Waals surface area contributed by atoms with Crippen molar-refractivity contribution in [3.8, 4) is 5.75 Å². The van der Waals surface area contributed by atoms with Crippen molar-refractivity contribution in [3.63, 3.8) is 0 Å². The number of hydrogen-bond donors (Lipinski definition) is 1. The minimum atomic E-state index is -0.541. The first-order chi connectivity index (χ1) is 13.3. The second-order valence-electron chi connectivity index (χ2n) is 5.50. The Hall–Kier alpha value is -2.72. The van der Waals surface area contributed by atoms with Crippen LogP contribution in [0.4, 0.5) is 15.8 Å². The molecule has 1 amide bonds. The van der Waals surface area contributed by atoms with Gasteiger partial charge < -0.3 is 14.5 Å². The molecule has 0 unspecified atom stereocenters. The number of nitro groups is 1. The number of nitrogens with zero attached hydrogens (tertiary/aromatic N) is 1. The molecule has 0 saturated heterocycles. The fourth-order valence-corrected chi connectivity index (χ4v) is 3.58. The van der Waals surface area contributed by atoms with Crippen molar-refractivity contribution in [2.75, 3.05) is 5.32 Å². The summed E-state index contributed by atoms with van der Waals surface area (Å²) in [5.74, 6) is -0.00938. The second kappa shape index (κ2) is 8.53. The van der Waals surface area contributed by atoms with Gasteiger partial charge in [-0.2, -0.15) is 0 Å². The SMILES string of the molecule is O=C(Nc1c(Br)cc([N+](=O)[O-])cc1Br)c1ccc(COc2ccc(F)cc2)o1. The molecule has 0 atom stereocenters. The number of hydrogen-bond acceptors (Lipinski definition) is 5. The van der Waals surface area contributed by atoms with Gasteiger partial charge in [0.1, 0.15) is 23.9 Å². The predicted molar refractivity (Wildman–Crippen MR) is 106 cm³/mol. The lowest BCUT2D eigenvalue weighted by Crippen LogP contribution is -2.12. The molecule has 28 heavy (non-hydrogen) atoms. The lowest BCUT2D eigenvalue weighted by atomic mass is 10.2. The standard InChI is InChI=1S/C18H11Br2FN2O5/c19-14-7-11(23(25)26)8-15(20)17(14)22-18(24)16-6-5-13(28-16)9-27-12-3-1-10(21)2-4-12/h1-8H,9H2,(H,22,24). The highest BCUT2D eigenvalue weighted by Gasteiger charge is 2.18. The average Bonchev–Trinajstić information content (AvgIpc) is 3.13. The maximum absolute atomic E-state index is 12.9. The van der Waals surface area contributed by atoms with Crippen molar-refractivity contribution < 1.29 is 23.3 Å². The highest BCUT2D eigenvalue weighted by atomic mass is 79.9. The van der Waals surface area contributed by atoms with Gasteiger partial charge in [-0.1, -0.05) is 0 Å².